The minimum Gasteiger partial charge on any atom is -0.477 e. The van der Waals surface area contributed by atoms with Crippen molar-refractivity contribution in [2.45, 2.75) is 6.92 Å². The molecule has 0 bridgehead atoms. The first-order chi connectivity index (χ1) is 7.88. The molecule has 90 valence electrons. The van der Waals surface area contributed by atoms with Gasteiger partial charge in [-0.1, -0.05) is 31.9 Å². The van der Waals surface area contributed by atoms with Gasteiger partial charge in [0, 0.05) is 15.9 Å². The summed E-state index contributed by atoms with van der Waals surface area (Å²) in [5.41, 5.74) is 0.500. The molecular formula is C11H9Br2NO3. The molecule has 6 heteroatoms. The number of halogens is 2. The molecule has 1 aromatic carbocycles. The molecule has 4 nitrogen and oxygen atoms in total. The van der Waals surface area contributed by atoms with Gasteiger partial charge in [-0.2, -0.15) is 0 Å². The van der Waals surface area contributed by atoms with Gasteiger partial charge in [0.05, 0.1) is 0 Å². The van der Waals surface area contributed by atoms with E-state index in [9.17, 15) is 9.59 Å². The van der Waals surface area contributed by atoms with E-state index in [-0.39, 0.29) is 5.70 Å². The fraction of sp³-hybridized carbons (Fsp3) is 0.0909. The van der Waals surface area contributed by atoms with E-state index in [0.717, 1.165) is 8.95 Å². The van der Waals surface area contributed by atoms with Crippen molar-refractivity contribution in [3.8, 4) is 0 Å². The van der Waals surface area contributed by atoms with Gasteiger partial charge in [0.15, 0.2) is 0 Å². The molecule has 17 heavy (non-hydrogen) atoms. The normalized spacial score (nSPS) is 11.1. The second-order valence-electron chi connectivity index (χ2n) is 3.25. The van der Waals surface area contributed by atoms with Crippen molar-refractivity contribution in [3.63, 3.8) is 0 Å². The largest absolute Gasteiger partial charge is 0.477 e. The van der Waals surface area contributed by atoms with Crippen LogP contribution >= 0.6 is 31.9 Å². The maximum atomic E-state index is 10.9. The molecule has 0 saturated carbocycles. The number of hydrogen-bond acceptors (Lipinski definition) is 2. The summed E-state index contributed by atoms with van der Waals surface area (Å²) in [6, 6.07) is 5.32. The molecule has 0 aromatic heterocycles. The monoisotopic (exact) mass is 361 g/mol. The van der Waals surface area contributed by atoms with Gasteiger partial charge in [0.25, 0.3) is 0 Å². The van der Waals surface area contributed by atoms with Crippen LogP contribution in [0.5, 0.6) is 0 Å². The zero-order valence-electron chi connectivity index (χ0n) is 8.83. The van der Waals surface area contributed by atoms with E-state index < -0.39 is 11.9 Å². The highest BCUT2D eigenvalue weighted by Gasteiger charge is 2.09. The number of carbonyl (C=O) groups excluding carboxylic acids is 1. The Hall–Kier alpha value is -1.14. The third-order valence-electron chi connectivity index (χ3n) is 1.74. The van der Waals surface area contributed by atoms with Crippen molar-refractivity contribution in [2.24, 2.45) is 0 Å². The van der Waals surface area contributed by atoms with Crippen LogP contribution in [0.1, 0.15) is 12.5 Å². The van der Waals surface area contributed by atoms with Gasteiger partial charge in [0.2, 0.25) is 5.91 Å². The summed E-state index contributed by atoms with van der Waals surface area (Å²) in [5, 5.41) is 11.2. The second kappa shape index (κ2) is 5.97. The van der Waals surface area contributed by atoms with Crippen molar-refractivity contribution in [2.75, 3.05) is 0 Å². The van der Waals surface area contributed by atoms with Gasteiger partial charge in [-0.3, -0.25) is 4.79 Å². The van der Waals surface area contributed by atoms with Crippen molar-refractivity contribution in [1.29, 1.82) is 0 Å². The van der Waals surface area contributed by atoms with E-state index in [1.54, 1.807) is 12.1 Å². The SMILES string of the molecule is CC(=O)NC(=Cc1cc(Br)cc(Br)c1)C(=O)O. The smallest absolute Gasteiger partial charge is 0.352 e. The van der Waals surface area contributed by atoms with Crippen LogP contribution in [0, 0.1) is 0 Å². The number of carboxylic acids is 1. The molecule has 1 aromatic rings. The zero-order chi connectivity index (χ0) is 13.0. The fourth-order valence-corrected chi connectivity index (χ4v) is 2.50. The number of hydrogen-bond donors (Lipinski definition) is 2. The van der Waals surface area contributed by atoms with Crippen LogP contribution in [0.25, 0.3) is 6.08 Å². The lowest BCUT2D eigenvalue weighted by molar-refractivity contribution is -0.134. The number of carboxylic acid groups (broad SMARTS) is 1. The average molecular weight is 363 g/mol. The highest BCUT2D eigenvalue weighted by atomic mass is 79.9. The summed E-state index contributed by atoms with van der Waals surface area (Å²) >= 11 is 6.59. The maximum Gasteiger partial charge on any atom is 0.352 e. The Morgan fingerprint density at radius 2 is 1.76 bits per heavy atom. The average Bonchev–Trinajstić information content (AvgIpc) is 2.13. The van der Waals surface area contributed by atoms with Crippen LogP contribution in [0.15, 0.2) is 32.8 Å². The van der Waals surface area contributed by atoms with Crippen LogP contribution in [-0.2, 0) is 9.59 Å². The Morgan fingerprint density at radius 1 is 1.24 bits per heavy atom. The van der Waals surface area contributed by atoms with Crippen LogP contribution in [-0.4, -0.2) is 17.0 Å². The third kappa shape index (κ3) is 4.70. The van der Waals surface area contributed by atoms with Gasteiger partial charge in [-0.05, 0) is 29.8 Å². The Bertz CT molecular complexity index is 477. The fourth-order valence-electron chi connectivity index (χ4n) is 1.17. The first-order valence-electron chi connectivity index (χ1n) is 4.57. The number of nitrogens with one attached hydrogen (secondary N) is 1. The van der Waals surface area contributed by atoms with Gasteiger partial charge >= 0.3 is 5.97 Å². The second-order valence-corrected chi connectivity index (χ2v) is 5.08. The van der Waals surface area contributed by atoms with Crippen LogP contribution in [0.2, 0.25) is 0 Å². The predicted molar refractivity (Wildman–Crippen MR) is 71.3 cm³/mol. The minimum atomic E-state index is -1.18. The molecule has 0 unspecified atom stereocenters. The van der Waals surface area contributed by atoms with E-state index in [1.807, 2.05) is 6.07 Å². The number of rotatable bonds is 3. The summed E-state index contributed by atoms with van der Waals surface area (Å²) < 4.78 is 1.62. The van der Waals surface area contributed by atoms with Gasteiger partial charge < -0.3 is 10.4 Å². The molecular weight excluding hydrogens is 354 g/mol. The van der Waals surface area contributed by atoms with Crippen LogP contribution < -0.4 is 5.32 Å². The third-order valence-corrected chi connectivity index (χ3v) is 2.65. The molecule has 1 rings (SSSR count). The number of benzene rings is 1. The van der Waals surface area contributed by atoms with E-state index >= 15 is 0 Å². The summed E-state index contributed by atoms with van der Waals surface area (Å²) in [7, 11) is 0. The number of amides is 1. The van der Waals surface area contributed by atoms with Crippen molar-refractivity contribution in [3.05, 3.63) is 38.4 Å². The molecule has 0 aliphatic carbocycles. The minimum absolute atomic E-state index is 0.164. The molecule has 0 aliphatic heterocycles. The van der Waals surface area contributed by atoms with E-state index in [1.165, 1.54) is 13.0 Å². The summed E-state index contributed by atoms with van der Waals surface area (Å²) in [6.45, 7) is 1.26. The van der Waals surface area contributed by atoms with Gasteiger partial charge in [-0.25, -0.2) is 4.79 Å². The first kappa shape index (κ1) is 13.9. The molecule has 0 atom stereocenters. The Labute approximate surface area is 115 Å². The van der Waals surface area contributed by atoms with E-state index in [2.05, 4.69) is 37.2 Å². The molecule has 1 amide bonds. The van der Waals surface area contributed by atoms with Crippen molar-refractivity contribution < 1.29 is 14.7 Å². The highest BCUT2D eigenvalue weighted by Crippen LogP contribution is 2.21. The summed E-state index contributed by atoms with van der Waals surface area (Å²) in [4.78, 5) is 21.8. The quantitative estimate of drug-likeness (QED) is 0.812. The zero-order valence-corrected chi connectivity index (χ0v) is 12.0. The van der Waals surface area contributed by atoms with Crippen LogP contribution in [0.4, 0.5) is 0 Å². The van der Waals surface area contributed by atoms with Crippen molar-refractivity contribution >= 4 is 49.8 Å². The summed E-state index contributed by atoms with van der Waals surface area (Å²) in [6.07, 6.45) is 1.39. The molecule has 0 spiro atoms. The van der Waals surface area contributed by atoms with Crippen LogP contribution in [0.3, 0.4) is 0 Å². The molecule has 2 N–H and O–H groups in total. The Kier molecular flexibility index (Phi) is 4.89. The van der Waals surface area contributed by atoms with E-state index in [4.69, 9.17) is 5.11 Å². The van der Waals surface area contributed by atoms with Gasteiger partial charge in [-0.15, -0.1) is 0 Å². The lowest BCUT2D eigenvalue weighted by Gasteiger charge is -2.04. The number of carbonyl (C=O) groups is 2. The summed E-state index contributed by atoms with van der Waals surface area (Å²) in [5.74, 6) is -1.61. The molecule has 0 fully saturated rings. The topological polar surface area (TPSA) is 66.4 Å². The van der Waals surface area contributed by atoms with Crippen molar-refractivity contribution in [1.82, 2.24) is 5.32 Å². The lowest BCUT2D eigenvalue weighted by atomic mass is 10.2. The first-order valence-corrected chi connectivity index (χ1v) is 6.16. The highest BCUT2D eigenvalue weighted by molar-refractivity contribution is 9.11. The molecule has 0 radical (unpaired) electrons. The molecule has 0 aliphatic rings. The Balaban J connectivity index is 3.12. The van der Waals surface area contributed by atoms with E-state index in [0.29, 0.717) is 5.56 Å². The Morgan fingerprint density at radius 3 is 2.18 bits per heavy atom. The number of aliphatic carboxylic acids is 1. The predicted octanol–water partition coefficient (Wildman–Crippen LogP) is 2.77. The maximum absolute atomic E-state index is 10.9. The van der Waals surface area contributed by atoms with Gasteiger partial charge in [0.1, 0.15) is 5.70 Å². The molecule has 0 heterocycles. The molecule has 0 saturated heterocycles. The lowest BCUT2D eigenvalue weighted by Crippen LogP contribution is -2.24. The standard InChI is InChI=1S/C11H9Br2NO3/c1-6(15)14-10(11(16)17)4-7-2-8(12)5-9(13)3-7/h2-5H,1H3,(H,14,15)(H,16,17).